The summed E-state index contributed by atoms with van der Waals surface area (Å²) in [6.45, 7) is 0. The van der Waals surface area contributed by atoms with Crippen molar-refractivity contribution < 1.29 is 22.5 Å². The van der Waals surface area contributed by atoms with Gasteiger partial charge in [0, 0.05) is 5.56 Å². The fourth-order valence-corrected chi connectivity index (χ4v) is 11.4. The van der Waals surface area contributed by atoms with Gasteiger partial charge >= 0.3 is 16.1 Å². The molecule has 2 aromatic carbocycles. The normalized spacial score (nSPS) is 37.6. The summed E-state index contributed by atoms with van der Waals surface area (Å²) in [5.41, 5.74) is 2.85. The molecule has 8 rings (SSSR count). The van der Waals surface area contributed by atoms with Crippen molar-refractivity contribution in [3.63, 3.8) is 0 Å². The summed E-state index contributed by atoms with van der Waals surface area (Å²) in [5.74, 6) is 4.86. The molecule has 0 spiro atoms. The van der Waals surface area contributed by atoms with Crippen LogP contribution < -0.4 is 0 Å². The van der Waals surface area contributed by atoms with Crippen LogP contribution in [0.5, 0.6) is 0 Å². The van der Waals surface area contributed by atoms with Crippen molar-refractivity contribution >= 4 is 16.1 Å². The first kappa shape index (κ1) is 26.4. The number of hydrogen-bond donors (Lipinski definition) is 1. The van der Waals surface area contributed by atoms with Crippen molar-refractivity contribution in [2.75, 3.05) is 0 Å². The molecule has 1 N–H and O–H groups in total. The Morgan fingerprint density at radius 3 is 1.61 bits per heavy atom. The molecule has 6 aliphatic rings. The second-order valence-corrected chi connectivity index (χ2v) is 16.0. The molecule has 6 saturated carbocycles. The molecule has 5 nitrogen and oxygen atoms in total. The number of rotatable bonds is 7. The van der Waals surface area contributed by atoms with Crippen LogP contribution in [0, 0.1) is 35.5 Å². The quantitative estimate of drug-likeness (QED) is 0.267. The standard InChI is InChI=1S/C35H42O5S/c36-34(40-35(41(37,38)39)23-4-2-1-3-5-23)33-31(29-16-21-7-10-25(29)13-21)18-27(28-15-20-6-9-24(28)12-20)19-32(33)30-17-22-8-11-26(30)14-22/h1-5,18-22,24-26,28-30,35H,6-17H2,(H,37,38,39). The van der Waals surface area contributed by atoms with Crippen molar-refractivity contribution in [2.45, 2.75) is 100 Å². The zero-order valence-electron chi connectivity index (χ0n) is 23.8. The highest BCUT2D eigenvalue weighted by molar-refractivity contribution is 7.85. The smallest absolute Gasteiger partial charge is 0.340 e. The first-order chi connectivity index (χ1) is 19.8. The SMILES string of the molecule is O=C(OC(c1ccccc1)S(=O)(=O)O)c1c(C2CC3CCC2C3)cc(C2CC3CCC2C3)cc1C1CC2CCC1C2. The zero-order valence-corrected chi connectivity index (χ0v) is 24.6. The first-order valence-corrected chi connectivity index (χ1v) is 17.7. The van der Waals surface area contributed by atoms with Gasteiger partial charge in [-0.15, -0.1) is 0 Å². The summed E-state index contributed by atoms with van der Waals surface area (Å²) >= 11 is 0. The summed E-state index contributed by atoms with van der Waals surface area (Å²) in [5, 5.41) is 0. The van der Waals surface area contributed by atoms with Gasteiger partial charge in [0.05, 0.1) is 5.56 Å². The van der Waals surface area contributed by atoms with Gasteiger partial charge in [-0.25, -0.2) is 4.79 Å². The fourth-order valence-electron chi connectivity index (χ4n) is 10.7. The van der Waals surface area contributed by atoms with E-state index in [1.54, 1.807) is 30.3 Å². The van der Waals surface area contributed by atoms with Crippen molar-refractivity contribution in [1.29, 1.82) is 0 Å². The number of benzene rings is 2. The van der Waals surface area contributed by atoms with E-state index in [1.165, 1.54) is 69.8 Å². The molecule has 0 amide bonds. The first-order valence-electron chi connectivity index (χ1n) is 16.2. The van der Waals surface area contributed by atoms with Gasteiger partial charge < -0.3 is 4.74 Å². The number of carbonyl (C=O) groups is 1. The topological polar surface area (TPSA) is 80.7 Å². The van der Waals surface area contributed by atoms with E-state index in [9.17, 15) is 17.8 Å². The maximum Gasteiger partial charge on any atom is 0.340 e. The zero-order chi connectivity index (χ0) is 27.9. The third-order valence-electron chi connectivity index (χ3n) is 12.4. The molecule has 10 atom stereocenters. The number of hydrogen-bond acceptors (Lipinski definition) is 4. The third-order valence-corrected chi connectivity index (χ3v) is 13.3. The minimum atomic E-state index is -4.67. The van der Waals surface area contributed by atoms with Gasteiger partial charge in [-0.2, -0.15) is 8.42 Å². The van der Waals surface area contributed by atoms with Crippen LogP contribution in [-0.4, -0.2) is 18.9 Å². The van der Waals surface area contributed by atoms with Crippen molar-refractivity contribution in [2.24, 2.45) is 35.5 Å². The Bertz CT molecular complexity index is 1400. The van der Waals surface area contributed by atoms with Gasteiger partial charge in [-0.1, -0.05) is 61.7 Å². The molecule has 0 radical (unpaired) electrons. The molecular weight excluding hydrogens is 532 g/mol. The van der Waals surface area contributed by atoms with Crippen LogP contribution in [0.4, 0.5) is 0 Å². The van der Waals surface area contributed by atoms with Crippen molar-refractivity contribution in [3.05, 3.63) is 70.3 Å². The maximum atomic E-state index is 14.4. The molecule has 0 heterocycles. The number of esters is 1. The third kappa shape index (κ3) is 4.59. The summed E-state index contributed by atoms with van der Waals surface area (Å²) < 4.78 is 41.2. The molecule has 6 heteroatoms. The molecule has 6 fully saturated rings. The van der Waals surface area contributed by atoms with E-state index in [-0.39, 0.29) is 5.56 Å². The predicted molar refractivity (Wildman–Crippen MR) is 157 cm³/mol. The molecule has 6 aliphatic carbocycles. The van der Waals surface area contributed by atoms with Crippen LogP contribution in [0.25, 0.3) is 0 Å². The lowest BCUT2D eigenvalue weighted by Gasteiger charge is -2.32. The van der Waals surface area contributed by atoms with Crippen LogP contribution in [0.15, 0.2) is 42.5 Å². The molecule has 6 bridgehead atoms. The minimum absolute atomic E-state index is 0.268. The van der Waals surface area contributed by atoms with Crippen LogP contribution in [0.3, 0.4) is 0 Å². The molecule has 218 valence electrons. The van der Waals surface area contributed by atoms with E-state index < -0.39 is 21.5 Å². The Morgan fingerprint density at radius 2 is 1.20 bits per heavy atom. The Kier molecular flexibility index (Phi) is 6.41. The molecule has 0 aliphatic heterocycles. The Morgan fingerprint density at radius 1 is 0.707 bits per heavy atom. The van der Waals surface area contributed by atoms with E-state index in [1.807, 2.05) is 0 Å². The highest BCUT2D eigenvalue weighted by atomic mass is 32.2. The van der Waals surface area contributed by atoms with E-state index in [4.69, 9.17) is 4.74 Å². The predicted octanol–water partition coefficient (Wildman–Crippen LogP) is 8.14. The second-order valence-electron chi connectivity index (χ2n) is 14.6. The number of fused-ring (bicyclic) bond motifs is 6. The van der Waals surface area contributed by atoms with E-state index in [0.29, 0.717) is 35.2 Å². The Hall–Kier alpha value is -2.18. The Labute approximate surface area is 244 Å². The van der Waals surface area contributed by atoms with E-state index in [2.05, 4.69) is 12.1 Å². The average Bonchev–Trinajstić information content (AvgIpc) is 3.83. The van der Waals surface area contributed by atoms with Crippen LogP contribution in [0.1, 0.15) is 133 Å². The lowest BCUT2D eigenvalue weighted by Crippen LogP contribution is -2.25. The summed E-state index contributed by atoms with van der Waals surface area (Å²) in [4.78, 5) is 14.4. The van der Waals surface area contributed by atoms with Gasteiger partial charge in [-0.05, 0) is 128 Å². The maximum absolute atomic E-state index is 14.4. The lowest BCUT2D eigenvalue weighted by molar-refractivity contribution is 0.0422. The molecule has 0 saturated heterocycles. The molecular formula is C35H42O5S. The number of ether oxygens (including phenoxy) is 1. The van der Waals surface area contributed by atoms with Gasteiger partial charge in [0.15, 0.2) is 0 Å². The summed E-state index contributed by atoms with van der Waals surface area (Å²) in [7, 11) is -4.67. The van der Waals surface area contributed by atoms with Crippen molar-refractivity contribution in [1.82, 2.24) is 0 Å². The van der Waals surface area contributed by atoms with Gasteiger partial charge in [0.2, 0.25) is 0 Å². The lowest BCUT2D eigenvalue weighted by atomic mass is 9.72. The molecule has 0 aromatic heterocycles. The highest BCUT2D eigenvalue weighted by Crippen LogP contribution is 2.59. The Balaban J connectivity index is 1.26. The van der Waals surface area contributed by atoms with Crippen LogP contribution in [-0.2, 0) is 14.9 Å². The van der Waals surface area contributed by atoms with E-state index >= 15 is 0 Å². The minimum Gasteiger partial charge on any atom is -0.435 e. The monoisotopic (exact) mass is 574 g/mol. The average molecular weight is 575 g/mol. The van der Waals surface area contributed by atoms with E-state index in [0.717, 1.165) is 47.6 Å². The fraction of sp³-hybridized carbons (Fsp3) is 0.629. The van der Waals surface area contributed by atoms with Gasteiger partial charge in [0.25, 0.3) is 5.44 Å². The molecule has 10 unspecified atom stereocenters. The van der Waals surface area contributed by atoms with Gasteiger partial charge in [0.1, 0.15) is 0 Å². The summed E-state index contributed by atoms with van der Waals surface area (Å²) in [6, 6.07) is 13.1. The van der Waals surface area contributed by atoms with Crippen molar-refractivity contribution in [3.8, 4) is 0 Å². The van der Waals surface area contributed by atoms with Crippen LogP contribution >= 0.6 is 0 Å². The van der Waals surface area contributed by atoms with Gasteiger partial charge in [-0.3, -0.25) is 4.55 Å². The summed E-state index contributed by atoms with van der Waals surface area (Å²) in [6.07, 6.45) is 15.0. The highest BCUT2D eigenvalue weighted by Gasteiger charge is 2.47. The molecule has 2 aromatic rings. The largest absolute Gasteiger partial charge is 0.435 e. The molecule has 41 heavy (non-hydrogen) atoms. The van der Waals surface area contributed by atoms with Crippen LogP contribution in [0.2, 0.25) is 0 Å². The number of carbonyl (C=O) groups excluding carboxylic acids is 1. The second kappa shape index (κ2) is 9.94.